The van der Waals surface area contributed by atoms with Gasteiger partial charge in [0.15, 0.2) is 0 Å². The molecule has 1 amide bonds. The van der Waals surface area contributed by atoms with Crippen LogP contribution in [0.2, 0.25) is 0 Å². The molecular weight excluding hydrogens is 348 g/mol. The summed E-state index contributed by atoms with van der Waals surface area (Å²) in [6.45, 7) is 12.1. The molecule has 1 aromatic rings. The number of carbonyl (C=O) groups is 1. The van der Waals surface area contributed by atoms with Crippen LogP contribution in [0.5, 0.6) is 0 Å². The highest BCUT2D eigenvalue weighted by Crippen LogP contribution is 2.43. The normalized spacial score (nSPS) is 30.8. The molecule has 3 aliphatic rings. The lowest BCUT2D eigenvalue weighted by Crippen LogP contribution is -2.64. The Balaban J connectivity index is 1.53. The van der Waals surface area contributed by atoms with Crippen LogP contribution in [-0.2, 0) is 17.8 Å². The summed E-state index contributed by atoms with van der Waals surface area (Å²) < 4.78 is 0. The van der Waals surface area contributed by atoms with E-state index in [2.05, 4.69) is 42.5 Å². The van der Waals surface area contributed by atoms with Crippen molar-refractivity contribution < 1.29 is 4.79 Å². The molecule has 4 atom stereocenters. The van der Waals surface area contributed by atoms with Gasteiger partial charge in [-0.05, 0) is 56.8 Å². The number of hydrogen-bond donors (Lipinski definition) is 1. The summed E-state index contributed by atoms with van der Waals surface area (Å²) in [5, 5.41) is 0. The van der Waals surface area contributed by atoms with Crippen LogP contribution < -0.4 is 0 Å². The molecule has 3 aliphatic heterocycles. The van der Waals surface area contributed by atoms with Gasteiger partial charge in [-0.3, -0.25) is 9.69 Å². The Bertz CT molecular complexity index is 697. The van der Waals surface area contributed by atoms with Gasteiger partial charge < -0.3 is 9.88 Å². The van der Waals surface area contributed by atoms with Crippen LogP contribution in [0.25, 0.3) is 0 Å². The van der Waals surface area contributed by atoms with E-state index >= 15 is 0 Å². The van der Waals surface area contributed by atoms with Crippen LogP contribution in [0.3, 0.4) is 0 Å². The largest absolute Gasteiger partial charge is 0.346 e. The highest BCUT2D eigenvalue weighted by Gasteiger charge is 2.49. The van der Waals surface area contributed by atoms with E-state index in [0.717, 1.165) is 44.7 Å². The fourth-order valence-corrected chi connectivity index (χ4v) is 5.97. The smallest absolute Gasteiger partial charge is 0.223 e. The third kappa shape index (κ3) is 3.87. The molecule has 1 aromatic heterocycles. The zero-order chi connectivity index (χ0) is 19.8. The molecule has 1 N–H and O–H groups in total. The van der Waals surface area contributed by atoms with Crippen molar-refractivity contribution in [2.75, 3.05) is 13.1 Å². The van der Waals surface area contributed by atoms with Crippen LogP contribution in [0.1, 0.15) is 76.5 Å². The maximum Gasteiger partial charge on any atom is 0.223 e. The summed E-state index contributed by atoms with van der Waals surface area (Å²) in [5.41, 5.74) is 2.44. The van der Waals surface area contributed by atoms with E-state index in [4.69, 9.17) is 4.98 Å². The molecule has 3 saturated heterocycles. The molecule has 0 spiro atoms. The lowest BCUT2D eigenvalue weighted by molar-refractivity contribution is -0.153. The van der Waals surface area contributed by atoms with E-state index in [-0.39, 0.29) is 0 Å². The second-order valence-corrected chi connectivity index (χ2v) is 9.86. The number of rotatable bonds is 6. The van der Waals surface area contributed by atoms with Crippen molar-refractivity contribution in [3.8, 4) is 0 Å². The zero-order valence-corrected chi connectivity index (χ0v) is 18.2. The van der Waals surface area contributed by atoms with E-state index in [0.29, 0.717) is 35.7 Å². The predicted molar refractivity (Wildman–Crippen MR) is 112 cm³/mol. The number of carbonyl (C=O) groups excluding carboxylic acids is 1. The number of aromatic amines is 1. The first kappa shape index (κ1) is 19.9. The van der Waals surface area contributed by atoms with Crippen molar-refractivity contribution >= 4 is 5.91 Å². The summed E-state index contributed by atoms with van der Waals surface area (Å²) in [6, 6.07) is 0.926. The molecule has 5 heteroatoms. The predicted octanol–water partition coefficient (Wildman–Crippen LogP) is 3.92. The maximum absolute atomic E-state index is 12.9. The van der Waals surface area contributed by atoms with Gasteiger partial charge in [0, 0.05) is 50.3 Å². The van der Waals surface area contributed by atoms with Gasteiger partial charge in [0.2, 0.25) is 5.91 Å². The fourth-order valence-electron chi connectivity index (χ4n) is 5.97. The van der Waals surface area contributed by atoms with Crippen molar-refractivity contribution in [3.63, 3.8) is 0 Å². The van der Waals surface area contributed by atoms with Crippen LogP contribution >= 0.6 is 0 Å². The number of piperidine rings is 3. The summed E-state index contributed by atoms with van der Waals surface area (Å²) in [6.07, 6.45) is 7.72. The summed E-state index contributed by atoms with van der Waals surface area (Å²) in [5.74, 6) is 3.51. The zero-order valence-electron chi connectivity index (χ0n) is 18.2. The average molecular weight is 387 g/mol. The molecule has 0 aliphatic carbocycles. The fraction of sp³-hybridized carbons (Fsp3) is 0.826. The molecule has 156 valence electrons. The number of nitrogens with one attached hydrogen (secondary N) is 1. The van der Waals surface area contributed by atoms with Gasteiger partial charge in [0.1, 0.15) is 5.82 Å². The Morgan fingerprint density at radius 1 is 1.25 bits per heavy atom. The Morgan fingerprint density at radius 3 is 2.75 bits per heavy atom. The molecule has 3 fully saturated rings. The average Bonchev–Trinajstić information content (AvgIpc) is 3.01. The van der Waals surface area contributed by atoms with E-state index < -0.39 is 0 Å². The number of aryl methyl sites for hydroxylation is 2. The standard InChI is InChI=1S/C23H38N4O/c1-5-22-24-16(4)19(25-22)14-26-12-17-11-18(13-26)21(10-9-15(2)3)27-20(17)7-6-8-23(27)28/h15,17-18,20-21H,5-14H2,1-4H3,(H,24,25)/t17-,18+,20+,21+/m1/s1. The summed E-state index contributed by atoms with van der Waals surface area (Å²) in [4.78, 5) is 26.1. The van der Waals surface area contributed by atoms with Crippen molar-refractivity contribution in [2.24, 2.45) is 17.8 Å². The lowest BCUT2D eigenvalue weighted by Gasteiger charge is -2.57. The molecule has 0 aromatic carbocycles. The molecule has 0 unspecified atom stereocenters. The number of hydrogen-bond acceptors (Lipinski definition) is 3. The van der Waals surface area contributed by atoms with Gasteiger partial charge in [-0.15, -0.1) is 0 Å². The minimum Gasteiger partial charge on any atom is -0.346 e. The van der Waals surface area contributed by atoms with Gasteiger partial charge in [-0.1, -0.05) is 20.8 Å². The molecule has 5 nitrogen and oxygen atoms in total. The minimum absolute atomic E-state index is 0.434. The van der Waals surface area contributed by atoms with E-state index in [1.54, 1.807) is 0 Å². The highest BCUT2D eigenvalue weighted by molar-refractivity contribution is 5.78. The molecule has 0 radical (unpaired) electrons. The van der Waals surface area contributed by atoms with Gasteiger partial charge in [-0.25, -0.2) is 4.98 Å². The van der Waals surface area contributed by atoms with Gasteiger partial charge >= 0.3 is 0 Å². The topological polar surface area (TPSA) is 52.2 Å². The number of aromatic nitrogens is 2. The van der Waals surface area contributed by atoms with Crippen LogP contribution in [-0.4, -0.2) is 50.8 Å². The Labute approximate surface area is 170 Å². The highest BCUT2D eigenvalue weighted by atomic mass is 16.2. The summed E-state index contributed by atoms with van der Waals surface area (Å²) in [7, 11) is 0. The van der Waals surface area contributed by atoms with Crippen molar-refractivity contribution in [1.29, 1.82) is 0 Å². The van der Waals surface area contributed by atoms with Crippen molar-refractivity contribution in [3.05, 3.63) is 17.2 Å². The lowest BCUT2D eigenvalue weighted by atomic mass is 9.70. The van der Waals surface area contributed by atoms with E-state index in [1.807, 2.05) is 0 Å². The van der Waals surface area contributed by atoms with Gasteiger partial charge in [0.05, 0.1) is 5.69 Å². The number of likely N-dealkylation sites (tertiary alicyclic amines) is 1. The number of fused-ring (bicyclic) bond motifs is 4. The number of imidazole rings is 1. The quantitative estimate of drug-likeness (QED) is 0.806. The molecular formula is C23H38N4O. The first-order chi connectivity index (χ1) is 13.5. The molecule has 4 rings (SSSR count). The SMILES string of the molecule is CCc1nc(CN2C[C@H]3C[C@@H](C2)[C@H](CCC(C)C)N2C(=O)CCC[C@@H]32)c(C)[nH]1. The van der Waals surface area contributed by atoms with E-state index in [1.165, 1.54) is 37.1 Å². The van der Waals surface area contributed by atoms with Crippen molar-refractivity contribution in [1.82, 2.24) is 19.8 Å². The first-order valence-corrected chi connectivity index (χ1v) is 11.5. The first-order valence-electron chi connectivity index (χ1n) is 11.5. The maximum atomic E-state index is 12.9. The Hall–Kier alpha value is -1.36. The summed E-state index contributed by atoms with van der Waals surface area (Å²) >= 11 is 0. The third-order valence-electron chi connectivity index (χ3n) is 7.35. The molecule has 4 heterocycles. The Morgan fingerprint density at radius 2 is 2.04 bits per heavy atom. The molecule has 0 saturated carbocycles. The Kier molecular flexibility index (Phi) is 5.82. The molecule has 28 heavy (non-hydrogen) atoms. The third-order valence-corrected chi connectivity index (χ3v) is 7.35. The number of nitrogens with zero attached hydrogens (tertiary/aromatic N) is 3. The molecule has 2 bridgehead atoms. The van der Waals surface area contributed by atoms with E-state index in [9.17, 15) is 4.79 Å². The van der Waals surface area contributed by atoms with Crippen LogP contribution in [0, 0.1) is 24.7 Å². The second kappa shape index (κ2) is 8.17. The van der Waals surface area contributed by atoms with Crippen LogP contribution in [0.15, 0.2) is 0 Å². The number of amides is 1. The van der Waals surface area contributed by atoms with Crippen LogP contribution in [0.4, 0.5) is 0 Å². The van der Waals surface area contributed by atoms with Crippen molar-refractivity contribution in [2.45, 2.75) is 91.3 Å². The van der Waals surface area contributed by atoms with Gasteiger partial charge in [0.25, 0.3) is 0 Å². The minimum atomic E-state index is 0.434. The number of H-pyrrole nitrogens is 1. The second-order valence-electron chi connectivity index (χ2n) is 9.86. The van der Waals surface area contributed by atoms with Gasteiger partial charge in [-0.2, -0.15) is 0 Å². The monoisotopic (exact) mass is 386 g/mol.